The third kappa shape index (κ3) is 2.37. The van der Waals surface area contributed by atoms with E-state index in [0.717, 1.165) is 36.9 Å². The van der Waals surface area contributed by atoms with E-state index in [2.05, 4.69) is 14.8 Å². The first kappa shape index (κ1) is 12.0. The highest BCUT2D eigenvalue weighted by atomic mass is 32.2. The molecule has 0 aromatic carbocycles. The van der Waals surface area contributed by atoms with Gasteiger partial charge in [-0.05, 0) is 19.3 Å². The molecule has 98 valence electrons. The number of aliphatic carboxylic acids is 1. The minimum atomic E-state index is -0.823. The van der Waals surface area contributed by atoms with Crippen LogP contribution >= 0.6 is 11.8 Å². The molecular weight excluding hydrogens is 254 g/mol. The highest BCUT2D eigenvalue weighted by molar-refractivity contribution is 7.99. The summed E-state index contributed by atoms with van der Waals surface area (Å²) in [6.07, 6.45) is 3.26. The summed E-state index contributed by atoms with van der Waals surface area (Å²) in [6.45, 7) is 1.48. The van der Waals surface area contributed by atoms with Crippen LogP contribution in [0.2, 0.25) is 0 Å². The maximum atomic E-state index is 10.6. The third-order valence-corrected chi connectivity index (χ3v) is 4.15. The zero-order valence-electron chi connectivity index (χ0n) is 9.91. The summed E-state index contributed by atoms with van der Waals surface area (Å²) in [7, 11) is 0. The Morgan fingerprint density at radius 2 is 2.28 bits per heavy atom. The summed E-state index contributed by atoms with van der Waals surface area (Å²) in [5, 5.41) is 17.9. The van der Waals surface area contributed by atoms with Gasteiger partial charge in [0, 0.05) is 18.6 Å². The van der Waals surface area contributed by atoms with Crippen molar-refractivity contribution < 1.29 is 14.6 Å². The fraction of sp³-hybridized carbons (Fsp3) is 0.727. The molecule has 18 heavy (non-hydrogen) atoms. The van der Waals surface area contributed by atoms with Crippen molar-refractivity contribution in [3.8, 4) is 0 Å². The molecule has 1 aliphatic carbocycles. The monoisotopic (exact) mass is 269 g/mol. The molecule has 2 aliphatic rings. The molecule has 1 unspecified atom stereocenters. The molecule has 1 saturated carbocycles. The van der Waals surface area contributed by atoms with Gasteiger partial charge >= 0.3 is 5.97 Å². The van der Waals surface area contributed by atoms with E-state index in [0.29, 0.717) is 18.6 Å². The Morgan fingerprint density at radius 3 is 2.89 bits per heavy atom. The maximum absolute atomic E-state index is 10.6. The van der Waals surface area contributed by atoms with Gasteiger partial charge in [0.15, 0.2) is 5.16 Å². The van der Waals surface area contributed by atoms with Crippen LogP contribution in [0.5, 0.6) is 0 Å². The van der Waals surface area contributed by atoms with Crippen molar-refractivity contribution in [3.05, 3.63) is 5.82 Å². The Morgan fingerprint density at radius 1 is 1.44 bits per heavy atom. The molecule has 6 nitrogen and oxygen atoms in total. The summed E-state index contributed by atoms with van der Waals surface area (Å²) in [6, 6.07) is 0.465. The minimum Gasteiger partial charge on any atom is -0.481 e. The lowest BCUT2D eigenvalue weighted by Crippen LogP contribution is -2.09. The standard InChI is InChI=1S/C11H15N3O3S/c15-9(16)6-18-11-13-12-10(7-3-4-17-5-7)14(11)8-1-2-8/h7-8H,1-6H2,(H,15,16). The van der Waals surface area contributed by atoms with Gasteiger partial charge in [0.25, 0.3) is 0 Å². The average molecular weight is 269 g/mol. The largest absolute Gasteiger partial charge is 0.481 e. The Labute approximate surface area is 109 Å². The minimum absolute atomic E-state index is 0.0337. The fourth-order valence-corrected chi connectivity index (χ4v) is 2.94. The smallest absolute Gasteiger partial charge is 0.313 e. The van der Waals surface area contributed by atoms with Gasteiger partial charge in [0.05, 0.1) is 12.4 Å². The van der Waals surface area contributed by atoms with Gasteiger partial charge in [-0.25, -0.2) is 0 Å². The number of carbonyl (C=O) groups is 1. The summed E-state index contributed by atoms with van der Waals surface area (Å²) in [5.41, 5.74) is 0. The second-order valence-corrected chi connectivity index (χ2v) is 5.63. The Kier molecular flexibility index (Phi) is 3.25. The summed E-state index contributed by atoms with van der Waals surface area (Å²) >= 11 is 1.25. The van der Waals surface area contributed by atoms with Gasteiger partial charge in [-0.3, -0.25) is 4.79 Å². The maximum Gasteiger partial charge on any atom is 0.313 e. The lowest BCUT2D eigenvalue weighted by Gasteiger charge is -2.11. The summed E-state index contributed by atoms with van der Waals surface area (Å²) in [5.74, 6) is 0.503. The predicted octanol–water partition coefficient (Wildman–Crippen LogP) is 1.29. The van der Waals surface area contributed by atoms with E-state index in [1.807, 2.05) is 0 Å². The SMILES string of the molecule is O=C(O)CSc1nnc(C2CCOC2)n1C1CC1. The van der Waals surface area contributed by atoms with E-state index < -0.39 is 5.97 Å². The number of ether oxygens (including phenoxy) is 1. The molecule has 0 amide bonds. The van der Waals surface area contributed by atoms with Gasteiger partial charge in [-0.1, -0.05) is 11.8 Å². The second-order valence-electron chi connectivity index (χ2n) is 4.68. The quantitative estimate of drug-likeness (QED) is 0.812. The van der Waals surface area contributed by atoms with Crippen molar-refractivity contribution in [2.45, 2.75) is 36.4 Å². The lowest BCUT2D eigenvalue weighted by atomic mass is 10.1. The third-order valence-electron chi connectivity index (χ3n) is 3.22. The number of hydrogen-bond donors (Lipinski definition) is 1. The van der Waals surface area contributed by atoms with Gasteiger partial charge in [0.1, 0.15) is 5.82 Å². The zero-order valence-corrected chi connectivity index (χ0v) is 10.7. The molecule has 1 saturated heterocycles. The van der Waals surface area contributed by atoms with Crippen LogP contribution in [0.15, 0.2) is 5.16 Å². The number of nitrogens with zero attached hydrogens (tertiary/aromatic N) is 3. The zero-order chi connectivity index (χ0) is 12.5. The van der Waals surface area contributed by atoms with Gasteiger partial charge in [-0.2, -0.15) is 0 Å². The van der Waals surface area contributed by atoms with Crippen LogP contribution < -0.4 is 0 Å². The van der Waals surface area contributed by atoms with Crippen molar-refractivity contribution in [1.82, 2.24) is 14.8 Å². The Balaban J connectivity index is 1.82. The molecule has 0 radical (unpaired) electrons. The van der Waals surface area contributed by atoms with Crippen LogP contribution in [-0.2, 0) is 9.53 Å². The number of carboxylic acid groups (broad SMARTS) is 1. The number of aromatic nitrogens is 3. The van der Waals surface area contributed by atoms with Crippen LogP contribution in [0.4, 0.5) is 0 Å². The molecule has 1 aromatic rings. The van der Waals surface area contributed by atoms with E-state index in [9.17, 15) is 4.79 Å². The number of hydrogen-bond acceptors (Lipinski definition) is 5. The molecule has 1 aromatic heterocycles. The van der Waals surface area contributed by atoms with Crippen LogP contribution in [-0.4, -0.2) is 44.8 Å². The van der Waals surface area contributed by atoms with Gasteiger partial charge in [0.2, 0.25) is 0 Å². The Hall–Kier alpha value is -1.08. The lowest BCUT2D eigenvalue weighted by molar-refractivity contribution is -0.133. The first-order chi connectivity index (χ1) is 8.75. The molecule has 2 fully saturated rings. The average Bonchev–Trinajstić information content (AvgIpc) is 2.90. The molecular formula is C11H15N3O3S. The van der Waals surface area contributed by atoms with Crippen molar-refractivity contribution in [2.75, 3.05) is 19.0 Å². The van der Waals surface area contributed by atoms with E-state index in [1.165, 1.54) is 11.8 Å². The van der Waals surface area contributed by atoms with E-state index in [4.69, 9.17) is 9.84 Å². The van der Waals surface area contributed by atoms with Crippen LogP contribution in [0, 0.1) is 0 Å². The molecule has 3 rings (SSSR count). The van der Waals surface area contributed by atoms with E-state index >= 15 is 0 Å². The summed E-state index contributed by atoms with van der Waals surface area (Å²) in [4.78, 5) is 10.6. The molecule has 7 heteroatoms. The van der Waals surface area contributed by atoms with Crippen molar-refractivity contribution in [2.24, 2.45) is 0 Å². The normalized spacial score (nSPS) is 23.4. The molecule has 2 heterocycles. The first-order valence-corrected chi connectivity index (χ1v) is 7.11. The van der Waals surface area contributed by atoms with Crippen molar-refractivity contribution >= 4 is 17.7 Å². The highest BCUT2D eigenvalue weighted by Gasteiger charge is 2.33. The number of rotatable bonds is 5. The van der Waals surface area contributed by atoms with E-state index in [-0.39, 0.29) is 5.75 Å². The van der Waals surface area contributed by atoms with E-state index in [1.54, 1.807) is 0 Å². The molecule has 0 spiro atoms. The topological polar surface area (TPSA) is 77.2 Å². The van der Waals surface area contributed by atoms with Crippen LogP contribution in [0.25, 0.3) is 0 Å². The van der Waals surface area contributed by atoms with Gasteiger partial charge in [-0.15, -0.1) is 10.2 Å². The summed E-state index contributed by atoms with van der Waals surface area (Å²) < 4.78 is 7.52. The highest BCUT2D eigenvalue weighted by Crippen LogP contribution is 2.41. The van der Waals surface area contributed by atoms with Gasteiger partial charge < -0.3 is 14.4 Å². The predicted molar refractivity (Wildman–Crippen MR) is 64.8 cm³/mol. The Bertz CT molecular complexity index is 452. The number of carboxylic acids is 1. The molecule has 0 bridgehead atoms. The van der Waals surface area contributed by atoms with Crippen molar-refractivity contribution in [1.29, 1.82) is 0 Å². The van der Waals surface area contributed by atoms with Crippen LogP contribution in [0.3, 0.4) is 0 Å². The fourth-order valence-electron chi connectivity index (χ4n) is 2.21. The molecule has 1 atom stereocenters. The first-order valence-electron chi connectivity index (χ1n) is 6.13. The number of thioether (sulfide) groups is 1. The van der Waals surface area contributed by atoms with Crippen molar-refractivity contribution in [3.63, 3.8) is 0 Å². The van der Waals surface area contributed by atoms with Crippen LogP contribution in [0.1, 0.15) is 37.0 Å². The second kappa shape index (κ2) is 4.89. The molecule has 1 N–H and O–H groups in total. The molecule has 1 aliphatic heterocycles.